The summed E-state index contributed by atoms with van der Waals surface area (Å²) in [4.78, 5) is 8.19. The van der Waals surface area contributed by atoms with Gasteiger partial charge in [-0.25, -0.2) is 9.97 Å². The van der Waals surface area contributed by atoms with E-state index in [1.807, 2.05) is 0 Å². The number of anilines is 2. The first-order valence-electron chi connectivity index (χ1n) is 5.73. The minimum Gasteiger partial charge on any atom is -0.395 e. The number of halogens is 2. The van der Waals surface area contributed by atoms with Crippen LogP contribution in [-0.4, -0.2) is 21.3 Å². The van der Waals surface area contributed by atoms with Crippen LogP contribution in [0.1, 0.15) is 5.69 Å². The molecule has 0 saturated heterocycles. The molecule has 1 aliphatic heterocycles. The second kappa shape index (κ2) is 4.77. The largest absolute Gasteiger partial charge is 0.586 e. The zero-order chi connectivity index (χ0) is 15.0. The Morgan fingerprint density at radius 1 is 1.24 bits per heavy atom. The van der Waals surface area contributed by atoms with E-state index < -0.39 is 6.29 Å². The van der Waals surface area contributed by atoms with Crippen LogP contribution >= 0.6 is 12.2 Å². The molecule has 6 nitrogen and oxygen atoms in total. The highest BCUT2D eigenvalue weighted by Crippen LogP contribution is 2.42. The fourth-order valence-electron chi connectivity index (χ4n) is 1.71. The molecule has 3 N–H and O–H groups in total. The zero-order valence-corrected chi connectivity index (χ0v) is 11.2. The summed E-state index contributed by atoms with van der Waals surface area (Å²) in [6, 6.07) is 5.80. The van der Waals surface area contributed by atoms with Crippen LogP contribution in [0.25, 0.3) is 0 Å². The topological polar surface area (TPSA) is 82.3 Å². The van der Waals surface area contributed by atoms with Gasteiger partial charge in [-0.15, -0.1) is 8.78 Å². The van der Waals surface area contributed by atoms with Gasteiger partial charge in [0.25, 0.3) is 0 Å². The Labute approximate surface area is 122 Å². The van der Waals surface area contributed by atoms with E-state index in [1.165, 1.54) is 24.4 Å². The van der Waals surface area contributed by atoms with Gasteiger partial charge in [0.1, 0.15) is 10.7 Å². The highest BCUT2D eigenvalue weighted by molar-refractivity contribution is 7.80. The lowest BCUT2D eigenvalue weighted by Crippen LogP contribution is -2.25. The SMILES string of the molecule is NC(=S)c1ccnc(Nc2ccc3c(c2)OC(F)(F)O3)n1. The average Bonchev–Trinajstić information content (AvgIpc) is 2.72. The molecule has 0 radical (unpaired) electrons. The van der Waals surface area contributed by atoms with Crippen LogP contribution in [0.15, 0.2) is 30.5 Å². The van der Waals surface area contributed by atoms with E-state index in [2.05, 4.69) is 24.8 Å². The highest BCUT2D eigenvalue weighted by Gasteiger charge is 2.43. The number of thiocarbonyl (C=S) groups is 1. The Morgan fingerprint density at radius 3 is 2.76 bits per heavy atom. The van der Waals surface area contributed by atoms with Crippen molar-refractivity contribution in [3.8, 4) is 11.5 Å². The van der Waals surface area contributed by atoms with Gasteiger partial charge in [0.15, 0.2) is 11.5 Å². The molecule has 1 aliphatic rings. The second-order valence-electron chi connectivity index (χ2n) is 4.08. The van der Waals surface area contributed by atoms with Gasteiger partial charge >= 0.3 is 6.29 Å². The molecule has 3 rings (SSSR count). The van der Waals surface area contributed by atoms with Crippen LogP contribution < -0.4 is 20.5 Å². The van der Waals surface area contributed by atoms with Crippen molar-refractivity contribution in [3.05, 3.63) is 36.2 Å². The Hall–Kier alpha value is -2.55. The van der Waals surface area contributed by atoms with Gasteiger partial charge in [-0.05, 0) is 18.2 Å². The first kappa shape index (κ1) is 13.4. The van der Waals surface area contributed by atoms with Crippen molar-refractivity contribution in [2.45, 2.75) is 6.29 Å². The molecular formula is C12H8F2N4O2S. The number of aromatic nitrogens is 2. The fourth-order valence-corrected chi connectivity index (χ4v) is 1.83. The maximum atomic E-state index is 12.9. The lowest BCUT2D eigenvalue weighted by Gasteiger charge is -2.06. The standard InChI is InChI=1S/C12H8F2N4O2S/c13-12(14)19-8-2-1-6(5-9(8)20-12)17-11-16-4-3-7(18-11)10(15)21/h1-5H,(H2,15,21)(H,16,17,18). The molecule has 0 atom stereocenters. The third-order valence-corrected chi connectivity index (χ3v) is 2.77. The number of nitrogens with one attached hydrogen (secondary N) is 1. The molecule has 0 bridgehead atoms. The van der Waals surface area contributed by atoms with Gasteiger partial charge in [0, 0.05) is 18.0 Å². The molecule has 1 aromatic heterocycles. The third-order valence-electron chi connectivity index (χ3n) is 2.57. The molecule has 108 valence electrons. The predicted molar refractivity (Wildman–Crippen MR) is 73.8 cm³/mol. The van der Waals surface area contributed by atoms with Crippen LogP contribution in [0.4, 0.5) is 20.4 Å². The molecule has 9 heteroatoms. The molecule has 0 aliphatic carbocycles. The number of alkyl halides is 2. The summed E-state index contributed by atoms with van der Waals surface area (Å²) >= 11 is 4.82. The number of hydrogen-bond acceptors (Lipinski definition) is 6. The molecule has 2 heterocycles. The quantitative estimate of drug-likeness (QED) is 0.841. The van der Waals surface area contributed by atoms with Crippen LogP contribution in [0, 0.1) is 0 Å². The summed E-state index contributed by atoms with van der Waals surface area (Å²) in [5, 5.41) is 2.84. The van der Waals surface area contributed by atoms with E-state index in [1.54, 1.807) is 6.07 Å². The van der Waals surface area contributed by atoms with Crippen molar-refractivity contribution in [2.75, 3.05) is 5.32 Å². The minimum absolute atomic E-state index is 0.0386. The van der Waals surface area contributed by atoms with E-state index in [4.69, 9.17) is 18.0 Å². The Balaban J connectivity index is 1.84. The van der Waals surface area contributed by atoms with E-state index in [9.17, 15) is 8.78 Å². The summed E-state index contributed by atoms with van der Waals surface area (Å²) in [7, 11) is 0. The third kappa shape index (κ3) is 2.82. The number of hydrogen-bond donors (Lipinski definition) is 2. The van der Waals surface area contributed by atoms with Gasteiger partial charge in [-0.3, -0.25) is 0 Å². The van der Waals surface area contributed by atoms with Crippen LogP contribution in [-0.2, 0) is 0 Å². The number of benzene rings is 1. The molecule has 0 amide bonds. The highest BCUT2D eigenvalue weighted by atomic mass is 32.1. The summed E-state index contributed by atoms with van der Waals surface area (Å²) in [5.41, 5.74) is 6.32. The minimum atomic E-state index is -3.65. The van der Waals surface area contributed by atoms with Crippen molar-refractivity contribution >= 4 is 28.8 Å². The van der Waals surface area contributed by atoms with Crippen LogP contribution in [0.5, 0.6) is 11.5 Å². The van der Waals surface area contributed by atoms with Gasteiger partial charge in [0.05, 0.1) is 0 Å². The van der Waals surface area contributed by atoms with E-state index >= 15 is 0 Å². The number of nitrogens with zero attached hydrogens (tertiary/aromatic N) is 2. The summed E-state index contributed by atoms with van der Waals surface area (Å²) < 4.78 is 34.5. The number of rotatable bonds is 3. The first-order chi connectivity index (χ1) is 9.93. The van der Waals surface area contributed by atoms with Crippen molar-refractivity contribution in [1.29, 1.82) is 0 Å². The van der Waals surface area contributed by atoms with Crippen molar-refractivity contribution < 1.29 is 18.3 Å². The molecule has 2 aromatic rings. The monoisotopic (exact) mass is 310 g/mol. The lowest BCUT2D eigenvalue weighted by molar-refractivity contribution is -0.286. The summed E-state index contributed by atoms with van der Waals surface area (Å²) in [6.07, 6.45) is -2.17. The maximum absolute atomic E-state index is 12.9. The van der Waals surface area contributed by atoms with Crippen molar-refractivity contribution in [2.24, 2.45) is 5.73 Å². The Morgan fingerprint density at radius 2 is 2.00 bits per heavy atom. The van der Waals surface area contributed by atoms with Crippen LogP contribution in [0.2, 0.25) is 0 Å². The number of nitrogens with two attached hydrogens (primary N) is 1. The predicted octanol–water partition coefficient (Wildman–Crippen LogP) is 2.18. The Kier molecular flexibility index (Phi) is 3.05. The lowest BCUT2D eigenvalue weighted by atomic mass is 10.3. The van der Waals surface area contributed by atoms with Gasteiger partial charge < -0.3 is 20.5 Å². The van der Waals surface area contributed by atoms with Gasteiger partial charge in [-0.1, -0.05) is 12.2 Å². The molecule has 0 spiro atoms. The normalized spacial score (nSPS) is 14.8. The molecule has 1 aromatic carbocycles. The summed E-state index contributed by atoms with van der Waals surface area (Å²) in [6.45, 7) is 0. The van der Waals surface area contributed by atoms with Crippen molar-refractivity contribution in [3.63, 3.8) is 0 Å². The Bertz CT molecular complexity index is 726. The van der Waals surface area contributed by atoms with E-state index in [0.717, 1.165) is 0 Å². The maximum Gasteiger partial charge on any atom is 0.586 e. The zero-order valence-electron chi connectivity index (χ0n) is 10.3. The second-order valence-corrected chi connectivity index (χ2v) is 4.52. The smallest absolute Gasteiger partial charge is 0.395 e. The van der Waals surface area contributed by atoms with Crippen molar-refractivity contribution in [1.82, 2.24) is 9.97 Å². The van der Waals surface area contributed by atoms with Gasteiger partial charge in [0.2, 0.25) is 5.95 Å². The van der Waals surface area contributed by atoms with Gasteiger partial charge in [-0.2, -0.15) is 0 Å². The summed E-state index contributed by atoms with van der Waals surface area (Å²) in [5.74, 6) is 0.116. The molecule has 0 unspecified atom stereocenters. The number of fused-ring (bicyclic) bond motifs is 1. The van der Waals surface area contributed by atoms with Crippen LogP contribution in [0.3, 0.4) is 0 Å². The fraction of sp³-hybridized carbons (Fsp3) is 0.0833. The van der Waals surface area contributed by atoms with E-state index in [0.29, 0.717) is 11.4 Å². The van der Waals surface area contributed by atoms with E-state index in [-0.39, 0.29) is 22.4 Å². The molecular weight excluding hydrogens is 302 g/mol. The number of ether oxygens (including phenoxy) is 2. The molecule has 0 fully saturated rings. The average molecular weight is 310 g/mol. The first-order valence-corrected chi connectivity index (χ1v) is 6.13. The molecule has 0 saturated carbocycles. The molecule has 21 heavy (non-hydrogen) atoms.